The van der Waals surface area contributed by atoms with E-state index in [2.05, 4.69) is 51.8 Å². The van der Waals surface area contributed by atoms with Crippen molar-refractivity contribution in [3.8, 4) is 0 Å². The lowest BCUT2D eigenvalue weighted by atomic mass is 9.69. The molecule has 0 amide bonds. The van der Waals surface area contributed by atoms with Crippen LogP contribution in [-0.2, 0) is 0 Å². The standard InChI is InChI=1S/C17H34N2/c1-12(2)13(3)16-9-19(10-16)11-17(5,6)14(4)15-7-18-8-15/h12-16,18H,7-11H2,1-6H3/t13-,14-/m1/s1. The predicted octanol–water partition coefficient (Wildman–Crippen LogP) is 3.09. The molecule has 2 fully saturated rings. The Morgan fingerprint density at radius 1 is 1.05 bits per heavy atom. The van der Waals surface area contributed by atoms with E-state index in [1.54, 1.807) is 0 Å². The van der Waals surface area contributed by atoms with Gasteiger partial charge in [0.15, 0.2) is 0 Å². The molecule has 2 nitrogen and oxygen atoms in total. The lowest BCUT2D eigenvalue weighted by Gasteiger charge is -2.50. The highest BCUT2D eigenvalue weighted by molar-refractivity contribution is 4.92. The van der Waals surface area contributed by atoms with Crippen LogP contribution in [0.2, 0.25) is 0 Å². The largest absolute Gasteiger partial charge is 0.316 e. The average molecular weight is 266 g/mol. The quantitative estimate of drug-likeness (QED) is 0.795. The summed E-state index contributed by atoms with van der Waals surface area (Å²) in [5.74, 6) is 4.39. The highest BCUT2D eigenvalue weighted by Crippen LogP contribution is 2.38. The molecule has 0 unspecified atom stereocenters. The Kier molecular flexibility index (Phi) is 4.62. The first-order chi connectivity index (χ1) is 8.81. The molecule has 1 N–H and O–H groups in total. The summed E-state index contributed by atoms with van der Waals surface area (Å²) in [6, 6.07) is 0. The topological polar surface area (TPSA) is 15.3 Å². The Balaban J connectivity index is 1.76. The number of hydrogen-bond donors (Lipinski definition) is 1. The van der Waals surface area contributed by atoms with Gasteiger partial charge in [-0.2, -0.15) is 0 Å². The second kappa shape index (κ2) is 5.73. The molecular formula is C17H34N2. The summed E-state index contributed by atoms with van der Waals surface area (Å²) in [5.41, 5.74) is 0.457. The van der Waals surface area contributed by atoms with Crippen LogP contribution in [0.25, 0.3) is 0 Å². The van der Waals surface area contributed by atoms with Gasteiger partial charge in [-0.1, -0.05) is 41.5 Å². The molecule has 0 aromatic heterocycles. The predicted molar refractivity (Wildman–Crippen MR) is 83.2 cm³/mol. The molecule has 0 radical (unpaired) electrons. The first-order valence-corrected chi connectivity index (χ1v) is 8.24. The van der Waals surface area contributed by atoms with Crippen LogP contribution in [0.4, 0.5) is 0 Å². The normalized spacial score (nSPS) is 26.1. The van der Waals surface area contributed by atoms with Gasteiger partial charge in [-0.25, -0.2) is 0 Å². The first kappa shape index (κ1) is 15.3. The maximum Gasteiger partial charge on any atom is 0.00356 e. The molecule has 0 aliphatic carbocycles. The van der Waals surface area contributed by atoms with E-state index in [0.29, 0.717) is 5.41 Å². The molecule has 2 aliphatic heterocycles. The number of nitrogens with zero attached hydrogens (tertiary/aromatic N) is 1. The van der Waals surface area contributed by atoms with Crippen LogP contribution in [0.3, 0.4) is 0 Å². The molecule has 0 saturated carbocycles. The number of hydrogen-bond acceptors (Lipinski definition) is 2. The Hall–Kier alpha value is -0.0800. The van der Waals surface area contributed by atoms with E-state index in [9.17, 15) is 0 Å². The highest BCUT2D eigenvalue weighted by atomic mass is 15.2. The summed E-state index contributed by atoms with van der Waals surface area (Å²) < 4.78 is 0. The minimum atomic E-state index is 0.457. The van der Waals surface area contributed by atoms with Crippen molar-refractivity contribution in [3.05, 3.63) is 0 Å². The van der Waals surface area contributed by atoms with Crippen molar-refractivity contribution >= 4 is 0 Å². The van der Waals surface area contributed by atoms with Crippen molar-refractivity contribution in [3.63, 3.8) is 0 Å². The molecule has 0 spiro atoms. The van der Waals surface area contributed by atoms with Gasteiger partial charge in [0.2, 0.25) is 0 Å². The fraction of sp³-hybridized carbons (Fsp3) is 1.00. The molecule has 2 heterocycles. The molecule has 2 atom stereocenters. The zero-order valence-corrected chi connectivity index (χ0v) is 13.9. The molecule has 0 aromatic carbocycles. The Morgan fingerprint density at radius 2 is 1.63 bits per heavy atom. The summed E-state index contributed by atoms with van der Waals surface area (Å²) in [6.07, 6.45) is 0. The lowest BCUT2D eigenvalue weighted by molar-refractivity contribution is -0.00849. The third-order valence-corrected chi connectivity index (χ3v) is 6.16. The third-order valence-electron chi connectivity index (χ3n) is 6.16. The molecule has 112 valence electrons. The van der Waals surface area contributed by atoms with Crippen molar-refractivity contribution in [2.24, 2.45) is 35.0 Å². The summed E-state index contributed by atoms with van der Waals surface area (Å²) in [6.45, 7) is 21.0. The Labute approximate surface area is 120 Å². The summed E-state index contributed by atoms with van der Waals surface area (Å²) in [7, 11) is 0. The zero-order valence-electron chi connectivity index (χ0n) is 13.9. The Bertz CT molecular complexity index is 288. The van der Waals surface area contributed by atoms with Gasteiger partial charge in [0.05, 0.1) is 0 Å². The first-order valence-electron chi connectivity index (χ1n) is 8.24. The van der Waals surface area contributed by atoms with Gasteiger partial charge in [-0.05, 0) is 48.1 Å². The van der Waals surface area contributed by atoms with E-state index in [1.165, 1.54) is 32.7 Å². The molecule has 19 heavy (non-hydrogen) atoms. The minimum Gasteiger partial charge on any atom is -0.316 e. The maximum atomic E-state index is 3.42. The van der Waals surface area contributed by atoms with Crippen LogP contribution in [0.1, 0.15) is 41.5 Å². The highest BCUT2D eigenvalue weighted by Gasteiger charge is 2.40. The van der Waals surface area contributed by atoms with Gasteiger partial charge in [0.25, 0.3) is 0 Å². The SMILES string of the molecule is CC(C)[C@@H](C)C1CN(CC(C)(C)[C@H](C)C2CNC2)C1. The second-order valence-electron chi connectivity index (χ2n) is 8.25. The van der Waals surface area contributed by atoms with E-state index in [1.807, 2.05) is 0 Å². The summed E-state index contributed by atoms with van der Waals surface area (Å²) in [4.78, 5) is 2.69. The molecule has 2 rings (SSSR count). The molecule has 2 heteroatoms. The van der Waals surface area contributed by atoms with Crippen molar-refractivity contribution < 1.29 is 0 Å². The summed E-state index contributed by atoms with van der Waals surface area (Å²) in [5, 5.41) is 3.42. The van der Waals surface area contributed by atoms with Crippen molar-refractivity contribution in [1.29, 1.82) is 0 Å². The molecule has 0 aromatic rings. The fourth-order valence-electron chi connectivity index (χ4n) is 3.64. The summed E-state index contributed by atoms with van der Waals surface area (Å²) >= 11 is 0. The maximum absolute atomic E-state index is 3.42. The van der Waals surface area contributed by atoms with E-state index in [0.717, 1.165) is 29.6 Å². The second-order valence-corrected chi connectivity index (χ2v) is 8.25. The van der Waals surface area contributed by atoms with Crippen molar-refractivity contribution in [2.45, 2.75) is 41.5 Å². The lowest BCUT2D eigenvalue weighted by Crippen LogP contribution is -2.56. The van der Waals surface area contributed by atoms with Gasteiger partial charge < -0.3 is 10.2 Å². The van der Waals surface area contributed by atoms with E-state index < -0.39 is 0 Å². The van der Waals surface area contributed by atoms with Crippen molar-refractivity contribution in [1.82, 2.24) is 10.2 Å². The van der Waals surface area contributed by atoms with E-state index >= 15 is 0 Å². The number of nitrogens with one attached hydrogen (secondary N) is 1. The van der Waals surface area contributed by atoms with Crippen LogP contribution in [0, 0.1) is 35.0 Å². The zero-order chi connectivity index (χ0) is 14.2. The average Bonchev–Trinajstić information content (AvgIpc) is 2.19. The molecule has 0 bridgehead atoms. The van der Waals surface area contributed by atoms with Crippen LogP contribution in [-0.4, -0.2) is 37.6 Å². The molecule has 2 aliphatic rings. The smallest absolute Gasteiger partial charge is 0.00356 e. The molecular weight excluding hydrogens is 232 g/mol. The molecule has 2 saturated heterocycles. The van der Waals surface area contributed by atoms with E-state index in [4.69, 9.17) is 0 Å². The minimum absolute atomic E-state index is 0.457. The van der Waals surface area contributed by atoms with Gasteiger partial charge in [-0.15, -0.1) is 0 Å². The number of rotatable bonds is 6. The van der Waals surface area contributed by atoms with Crippen LogP contribution in [0.5, 0.6) is 0 Å². The fourth-order valence-corrected chi connectivity index (χ4v) is 3.64. The van der Waals surface area contributed by atoms with Gasteiger partial charge in [0, 0.05) is 19.6 Å². The van der Waals surface area contributed by atoms with Gasteiger partial charge in [-0.3, -0.25) is 0 Å². The van der Waals surface area contributed by atoms with E-state index in [-0.39, 0.29) is 0 Å². The van der Waals surface area contributed by atoms with Crippen LogP contribution < -0.4 is 5.32 Å². The monoisotopic (exact) mass is 266 g/mol. The van der Waals surface area contributed by atoms with Crippen molar-refractivity contribution in [2.75, 3.05) is 32.7 Å². The van der Waals surface area contributed by atoms with Gasteiger partial charge in [0.1, 0.15) is 0 Å². The Morgan fingerprint density at radius 3 is 2.05 bits per heavy atom. The number of likely N-dealkylation sites (tertiary alicyclic amines) is 1. The van der Waals surface area contributed by atoms with Crippen LogP contribution >= 0.6 is 0 Å². The van der Waals surface area contributed by atoms with Crippen LogP contribution in [0.15, 0.2) is 0 Å². The third kappa shape index (κ3) is 3.33. The van der Waals surface area contributed by atoms with Gasteiger partial charge >= 0.3 is 0 Å².